The minimum atomic E-state index is -0.171. The molecule has 2 aromatic rings. The molecule has 0 bridgehead atoms. The van der Waals surface area contributed by atoms with Crippen molar-refractivity contribution < 1.29 is 4.79 Å². The van der Waals surface area contributed by atoms with Gasteiger partial charge in [0.1, 0.15) is 0 Å². The summed E-state index contributed by atoms with van der Waals surface area (Å²) in [6.45, 7) is 1.91. The van der Waals surface area contributed by atoms with Gasteiger partial charge in [-0.25, -0.2) is 0 Å². The van der Waals surface area contributed by atoms with Crippen LogP contribution in [0.5, 0.6) is 0 Å². The van der Waals surface area contributed by atoms with Crippen molar-refractivity contribution in [1.82, 2.24) is 10.3 Å². The number of carbonyl (C=O) groups excluding carboxylic acids is 1. The Balaban J connectivity index is 2.15. The molecule has 1 atom stereocenters. The van der Waals surface area contributed by atoms with Gasteiger partial charge in [0.05, 0.1) is 11.6 Å². The Morgan fingerprint density at radius 3 is 2.89 bits per heavy atom. The highest BCUT2D eigenvalue weighted by Gasteiger charge is 2.14. The zero-order valence-electron chi connectivity index (χ0n) is 10.4. The van der Waals surface area contributed by atoms with Gasteiger partial charge >= 0.3 is 0 Å². The fourth-order valence-corrected chi connectivity index (χ4v) is 2.13. The SMILES string of the molecule is C[C@H](NC(=O)c1cc(N)ccc1Br)c1cccnc1. The topological polar surface area (TPSA) is 68.0 Å². The number of nitrogen functional groups attached to an aromatic ring is 1. The maximum absolute atomic E-state index is 12.2. The number of carbonyl (C=O) groups is 1. The van der Waals surface area contributed by atoms with E-state index in [0.717, 1.165) is 10.0 Å². The van der Waals surface area contributed by atoms with E-state index in [2.05, 4.69) is 26.2 Å². The molecule has 0 spiro atoms. The fraction of sp³-hybridized carbons (Fsp3) is 0.143. The molecule has 1 heterocycles. The van der Waals surface area contributed by atoms with E-state index in [-0.39, 0.29) is 11.9 Å². The van der Waals surface area contributed by atoms with Crippen LogP contribution in [0.2, 0.25) is 0 Å². The van der Waals surface area contributed by atoms with Crippen LogP contribution in [0.25, 0.3) is 0 Å². The second-order valence-electron chi connectivity index (χ2n) is 4.22. The summed E-state index contributed by atoms with van der Waals surface area (Å²) in [6.07, 6.45) is 3.44. The highest BCUT2D eigenvalue weighted by atomic mass is 79.9. The maximum atomic E-state index is 12.2. The van der Waals surface area contributed by atoms with E-state index in [1.165, 1.54) is 0 Å². The lowest BCUT2D eigenvalue weighted by Crippen LogP contribution is -2.27. The first-order valence-electron chi connectivity index (χ1n) is 5.83. The molecule has 98 valence electrons. The van der Waals surface area contributed by atoms with Crippen LogP contribution in [0.15, 0.2) is 47.2 Å². The lowest BCUT2D eigenvalue weighted by molar-refractivity contribution is 0.0939. The molecule has 5 heteroatoms. The van der Waals surface area contributed by atoms with Gasteiger partial charge in [0.2, 0.25) is 0 Å². The molecule has 3 N–H and O–H groups in total. The third-order valence-electron chi connectivity index (χ3n) is 2.77. The summed E-state index contributed by atoms with van der Waals surface area (Å²) in [5.41, 5.74) is 7.73. The lowest BCUT2D eigenvalue weighted by Gasteiger charge is -2.14. The number of nitrogens with zero attached hydrogens (tertiary/aromatic N) is 1. The number of amides is 1. The number of nitrogens with two attached hydrogens (primary N) is 1. The molecule has 0 saturated carbocycles. The van der Waals surface area contributed by atoms with Crippen LogP contribution in [-0.4, -0.2) is 10.9 Å². The summed E-state index contributed by atoms with van der Waals surface area (Å²) >= 11 is 3.35. The molecule has 19 heavy (non-hydrogen) atoms. The number of anilines is 1. The average Bonchev–Trinajstić information content (AvgIpc) is 2.42. The third-order valence-corrected chi connectivity index (χ3v) is 3.46. The molecule has 0 aliphatic carbocycles. The Bertz CT molecular complexity index is 586. The molecule has 0 aliphatic rings. The lowest BCUT2D eigenvalue weighted by atomic mass is 10.1. The van der Waals surface area contributed by atoms with Gasteiger partial charge in [-0.15, -0.1) is 0 Å². The largest absolute Gasteiger partial charge is 0.399 e. The van der Waals surface area contributed by atoms with Gasteiger partial charge in [0.25, 0.3) is 5.91 Å². The van der Waals surface area contributed by atoms with Crippen molar-refractivity contribution >= 4 is 27.5 Å². The van der Waals surface area contributed by atoms with Gasteiger partial charge in [-0.05, 0) is 52.7 Å². The number of rotatable bonds is 3. The van der Waals surface area contributed by atoms with E-state index >= 15 is 0 Å². The van der Waals surface area contributed by atoms with Gasteiger partial charge in [-0.2, -0.15) is 0 Å². The summed E-state index contributed by atoms with van der Waals surface area (Å²) in [6, 6.07) is 8.80. The molecule has 2 rings (SSSR count). The van der Waals surface area contributed by atoms with E-state index in [1.54, 1.807) is 30.6 Å². The fourth-order valence-electron chi connectivity index (χ4n) is 1.71. The predicted octanol–water partition coefficient (Wildman–Crippen LogP) is 2.92. The Hall–Kier alpha value is -1.88. The van der Waals surface area contributed by atoms with Crippen LogP contribution in [0.4, 0.5) is 5.69 Å². The second-order valence-corrected chi connectivity index (χ2v) is 5.08. The van der Waals surface area contributed by atoms with Gasteiger partial charge in [0.15, 0.2) is 0 Å². The Labute approximate surface area is 120 Å². The van der Waals surface area contributed by atoms with E-state index in [4.69, 9.17) is 5.73 Å². The molecule has 0 radical (unpaired) electrons. The molecule has 0 fully saturated rings. The minimum absolute atomic E-state index is 0.116. The second kappa shape index (κ2) is 5.84. The van der Waals surface area contributed by atoms with Crippen LogP contribution in [0, 0.1) is 0 Å². The zero-order valence-corrected chi connectivity index (χ0v) is 12.0. The summed E-state index contributed by atoms with van der Waals surface area (Å²) in [4.78, 5) is 16.2. The number of nitrogens with one attached hydrogen (secondary N) is 1. The number of aromatic nitrogens is 1. The van der Waals surface area contributed by atoms with E-state index in [1.807, 2.05) is 19.1 Å². The smallest absolute Gasteiger partial charge is 0.252 e. The standard InChI is InChI=1S/C14H14BrN3O/c1-9(10-3-2-6-17-8-10)18-14(19)12-7-11(16)4-5-13(12)15/h2-9H,16H2,1H3,(H,18,19)/t9-/m0/s1. The molecule has 0 unspecified atom stereocenters. The molecule has 4 nitrogen and oxygen atoms in total. The molecular weight excluding hydrogens is 306 g/mol. The zero-order chi connectivity index (χ0) is 13.8. The molecule has 0 saturated heterocycles. The predicted molar refractivity (Wildman–Crippen MR) is 78.7 cm³/mol. The third kappa shape index (κ3) is 3.32. The quantitative estimate of drug-likeness (QED) is 0.855. The molecule has 1 aromatic carbocycles. The Morgan fingerprint density at radius 1 is 1.42 bits per heavy atom. The number of pyridine rings is 1. The monoisotopic (exact) mass is 319 g/mol. The van der Waals surface area contributed by atoms with Crippen molar-refractivity contribution in [3.63, 3.8) is 0 Å². The van der Waals surface area contributed by atoms with Crippen molar-refractivity contribution in [2.24, 2.45) is 0 Å². The van der Waals surface area contributed by atoms with Crippen LogP contribution >= 0.6 is 15.9 Å². The Kier molecular flexibility index (Phi) is 4.16. The van der Waals surface area contributed by atoms with Crippen molar-refractivity contribution in [2.75, 3.05) is 5.73 Å². The highest BCUT2D eigenvalue weighted by molar-refractivity contribution is 9.10. The summed E-state index contributed by atoms with van der Waals surface area (Å²) in [5.74, 6) is -0.171. The number of benzene rings is 1. The van der Waals surface area contributed by atoms with Gasteiger partial charge in [0, 0.05) is 22.6 Å². The number of hydrogen-bond acceptors (Lipinski definition) is 3. The first-order valence-corrected chi connectivity index (χ1v) is 6.63. The van der Waals surface area contributed by atoms with E-state index in [0.29, 0.717) is 11.3 Å². The summed E-state index contributed by atoms with van der Waals surface area (Å²) < 4.78 is 0.720. The number of halogens is 1. The molecular formula is C14H14BrN3O. The van der Waals surface area contributed by atoms with Crippen molar-refractivity contribution in [3.8, 4) is 0 Å². The average molecular weight is 320 g/mol. The van der Waals surface area contributed by atoms with Crippen LogP contribution in [0.3, 0.4) is 0 Å². The summed E-state index contributed by atoms with van der Waals surface area (Å²) in [5, 5.41) is 2.92. The first kappa shape index (κ1) is 13.5. The van der Waals surface area contributed by atoms with Crippen LogP contribution in [-0.2, 0) is 0 Å². The Morgan fingerprint density at radius 2 is 2.21 bits per heavy atom. The van der Waals surface area contributed by atoms with Gasteiger partial charge < -0.3 is 11.1 Å². The van der Waals surface area contributed by atoms with E-state index in [9.17, 15) is 4.79 Å². The maximum Gasteiger partial charge on any atom is 0.252 e. The van der Waals surface area contributed by atoms with Crippen LogP contribution < -0.4 is 11.1 Å². The minimum Gasteiger partial charge on any atom is -0.399 e. The highest BCUT2D eigenvalue weighted by Crippen LogP contribution is 2.20. The van der Waals surface area contributed by atoms with Crippen molar-refractivity contribution in [2.45, 2.75) is 13.0 Å². The van der Waals surface area contributed by atoms with E-state index < -0.39 is 0 Å². The molecule has 0 aliphatic heterocycles. The molecule has 1 amide bonds. The molecule has 1 aromatic heterocycles. The summed E-state index contributed by atoms with van der Waals surface area (Å²) in [7, 11) is 0. The number of hydrogen-bond donors (Lipinski definition) is 2. The van der Waals surface area contributed by atoms with Crippen LogP contribution in [0.1, 0.15) is 28.9 Å². The first-order chi connectivity index (χ1) is 9.08. The van der Waals surface area contributed by atoms with Crippen molar-refractivity contribution in [1.29, 1.82) is 0 Å². The van der Waals surface area contributed by atoms with Gasteiger partial charge in [-0.3, -0.25) is 9.78 Å². The van der Waals surface area contributed by atoms with Crippen molar-refractivity contribution in [3.05, 3.63) is 58.3 Å². The normalized spacial score (nSPS) is 11.9. The van der Waals surface area contributed by atoms with Gasteiger partial charge in [-0.1, -0.05) is 6.07 Å².